The van der Waals surface area contributed by atoms with Gasteiger partial charge in [-0.2, -0.15) is 11.8 Å². The Labute approximate surface area is 130 Å². The molecule has 0 aromatic carbocycles. The quantitative estimate of drug-likeness (QED) is 0.802. The third kappa shape index (κ3) is 2.22. The molecule has 0 spiro atoms. The van der Waals surface area contributed by atoms with Gasteiger partial charge in [0.25, 0.3) is 5.91 Å². The van der Waals surface area contributed by atoms with Crippen molar-refractivity contribution < 1.29 is 19.4 Å². The van der Waals surface area contributed by atoms with Gasteiger partial charge in [0.05, 0.1) is 24.8 Å². The van der Waals surface area contributed by atoms with Gasteiger partial charge in [0.1, 0.15) is 0 Å². The number of hydrogen-bond acceptors (Lipinski definition) is 6. The van der Waals surface area contributed by atoms with E-state index in [4.69, 9.17) is 4.74 Å². The summed E-state index contributed by atoms with van der Waals surface area (Å²) in [5, 5.41) is 10.0. The molecule has 1 saturated heterocycles. The lowest BCUT2D eigenvalue weighted by atomic mass is 10.1. The summed E-state index contributed by atoms with van der Waals surface area (Å²) in [4.78, 5) is 37.0. The van der Waals surface area contributed by atoms with E-state index in [1.807, 2.05) is 6.26 Å². The van der Waals surface area contributed by atoms with E-state index in [-0.39, 0.29) is 17.3 Å². The highest BCUT2D eigenvalue weighted by molar-refractivity contribution is 7.98. The summed E-state index contributed by atoms with van der Waals surface area (Å²) in [6, 6.07) is -0.0565. The standard InChI is InChI=1S/C14H16N2O5S/c1-22-3-2-9-7-21-10-5-15-4-8(6-17)12(18)13(19)11(15)14(20)16(9)10/h4,6,9-10,19H,2-3,5,7H2,1H3. The van der Waals surface area contributed by atoms with Crippen molar-refractivity contribution in [2.75, 3.05) is 18.6 Å². The molecule has 3 rings (SSSR count). The largest absolute Gasteiger partial charge is 0.503 e. The lowest BCUT2D eigenvalue weighted by Crippen LogP contribution is -2.49. The van der Waals surface area contributed by atoms with Crippen LogP contribution in [0.3, 0.4) is 0 Å². The van der Waals surface area contributed by atoms with Crippen LogP contribution in [-0.4, -0.2) is 57.7 Å². The highest BCUT2D eigenvalue weighted by Crippen LogP contribution is 2.30. The number of carbonyl (C=O) groups is 2. The molecule has 2 aliphatic rings. The number of thioether (sulfide) groups is 1. The topological polar surface area (TPSA) is 88.8 Å². The van der Waals surface area contributed by atoms with E-state index in [1.54, 1.807) is 16.7 Å². The molecule has 1 N–H and O–H groups in total. The minimum atomic E-state index is -0.811. The normalized spacial score (nSPS) is 23.3. The third-order valence-corrected chi connectivity index (χ3v) is 4.68. The molecule has 0 aliphatic carbocycles. The summed E-state index contributed by atoms with van der Waals surface area (Å²) < 4.78 is 7.10. The van der Waals surface area contributed by atoms with Crippen molar-refractivity contribution in [1.82, 2.24) is 9.47 Å². The first-order valence-electron chi connectivity index (χ1n) is 6.93. The van der Waals surface area contributed by atoms with Crippen LogP contribution in [0.1, 0.15) is 27.3 Å². The van der Waals surface area contributed by atoms with E-state index in [0.717, 1.165) is 12.2 Å². The minimum absolute atomic E-state index is 0.0565. The van der Waals surface area contributed by atoms with Crippen LogP contribution in [-0.2, 0) is 11.3 Å². The number of rotatable bonds is 4. The van der Waals surface area contributed by atoms with E-state index in [0.29, 0.717) is 19.4 Å². The Morgan fingerprint density at radius 1 is 1.50 bits per heavy atom. The number of nitrogens with zero attached hydrogens (tertiary/aromatic N) is 2. The molecule has 0 radical (unpaired) electrons. The first-order chi connectivity index (χ1) is 10.6. The number of pyridine rings is 1. The van der Waals surface area contributed by atoms with Gasteiger partial charge in [0.15, 0.2) is 24.0 Å². The van der Waals surface area contributed by atoms with Gasteiger partial charge in [-0.05, 0) is 18.4 Å². The molecule has 2 aliphatic heterocycles. The van der Waals surface area contributed by atoms with E-state index < -0.39 is 23.3 Å². The van der Waals surface area contributed by atoms with Crippen molar-refractivity contribution in [2.24, 2.45) is 0 Å². The zero-order valence-corrected chi connectivity index (χ0v) is 12.8. The van der Waals surface area contributed by atoms with E-state index >= 15 is 0 Å². The van der Waals surface area contributed by atoms with Gasteiger partial charge in [-0.25, -0.2) is 0 Å². The molecule has 1 fully saturated rings. The minimum Gasteiger partial charge on any atom is -0.503 e. The highest BCUT2D eigenvalue weighted by atomic mass is 32.2. The van der Waals surface area contributed by atoms with Crippen LogP contribution >= 0.6 is 11.8 Å². The fourth-order valence-corrected chi connectivity index (χ4v) is 3.45. The smallest absolute Gasteiger partial charge is 0.276 e. The molecule has 1 aromatic rings. The Morgan fingerprint density at radius 3 is 2.95 bits per heavy atom. The average Bonchev–Trinajstić information content (AvgIpc) is 2.91. The van der Waals surface area contributed by atoms with Crippen LogP contribution in [0.2, 0.25) is 0 Å². The number of hydrogen-bond donors (Lipinski definition) is 1. The van der Waals surface area contributed by atoms with Crippen molar-refractivity contribution in [3.63, 3.8) is 0 Å². The Bertz CT molecular complexity index is 687. The molecule has 2 atom stereocenters. The first-order valence-corrected chi connectivity index (χ1v) is 8.32. The van der Waals surface area contributed by atoms with Gasteiger partial charge in [-0.15, -0.1) is 0 Å². The SMILES string of the molecule is CSCCC1COC2Cn3cc(C=O)c(=O)c(O)c3C(=O)N12. The maximum atomic E-state index is 12.7. The fraction of sp³-hybridized carbons (Fsp3) is 0.500. The third-order valence-electron chi connectivity index (χ3n) is 4.04. The highest BCUT2D eigenvalue weighted by Gasteiger charge is 2.43. The summed E-state index contributed by atoms with van der Waals surface area (Å²) in [6.45, 7) is 0.739. The Balaban J connectivity index is 2.02. The number of aldehydes is 1. The number of ether oxygens (including phenoxy) is 1. The van der Waals surface area contributed by atoms with Gasteiger partial charge in [0, 0.05) is 6.20 Å². The molecular formula is C14H16N2O5S. The molecule has 118 valence electrons. The van der Waals surface area contributed by atoms with E-state index in [9.17, 15) is 19.5 Å². The Hall–Kier alpha value is -1.80. The monoisotopic (exact) mass is 324 g/mol. The molecule has 0 saturated carbocycles. The van der Waals surface area contributed by atoms with Gasteiger partial charge in [-0.1, -0.05) is 0 Å². The maximum absolute atomic E-state index is 12.7. The van der Waals surface area contributed by atoms with E-state index in [1.165, 1.54) is 10.8 Å². The van der Waals surface area contributed by atoms with Crippen molar-refractivity contribution in [1.29, 1.82) is 0 Å². The van der Waals surface area contributed by atoms with Gasteiger partial charge < -0.3 is 19.3 Å². The molecule has 0 bridgehead atoms. The molecule has 22 heavy (non-hydrogen) atoms. The van der Waals surface area contributed by atoms with Gasteiger partial charge in [0.2, 0.25) is 5.43 Å². The van der Waals surface area contributed by atoms with Crippen LogP contribution in [0.4, 0.5) is 0 Å². The molecule has 7 nitrogen and oxygen atoms in total. The summed E-state index contributed by atoms with van der Waals surface area (Å²) in [5.41, 5.74) is -1.04. The van der Waals surface area contributed by atoms with Crippen molar-refractivity contribution >= 4 is 24.0 Å². The lowest BCUT2D eigenvalue weighted by Gasteiger charge is -2.34. The molecule has 3 heterocycles. The van der Waals surface area contributed by atoms with Crippen LogP contribution in [0.5, 0.6) is 5.75 Å². The van der Waals surface area contributed by atoms with Crippen molar-refractivity contribution in [2.45, 2.75) is 25.2 Å². The zero-order chi connectivity index (χ0) is 15.9. The predicted molar refractivity (Wildman–Crippen MR) is 80.5 cm³/mol. The van der Waals surface area contributed by atoms with E-state index in [2.05, 4.69) is 0 Å². The van der Waals surface area contributed by atoms with Crippen molar-refractivity contribution in [3.05, 3.63) is 27.7 Å². The van der Waals surface area contributed by atoms with Crippen molar-refractivity contribution in [3.8, 4) is 5.75 Å². The maximum Gasteiger partial charge on any atom is 0.276 e. The van der Waals surface area contributed by atoms with Crippen LogP contribution < -0.4 is 5.43 Å². The molecular weight excluding hydrogens is 308 g/mol. The number of fused-ring (bicyclic) bond motifs is 2. The average molecular weight is 324 g/mol. The summed E-state index contributed by atoms with van der Waals surface area (Å²) in [6.07, 6.45) is 4.04. The predicted octanol–water partition coefficient (Wildman–Crippen LogP) is 0.300. The molecule has 1 amide bonds. The molecule has 8 heteroatoms. The fourth-order valence-electron chi connectivity index (χ4n) is 2.95. The number of aromatic hydroxyl groups is 1. The lowest BCUT2D eigenvalue weighted by molar-refractivity contribution is 0.00570. The number of carbonyl (C=O) groups excluding carboxylic acids is 2. The second-order valence-corrected chi connectivity index (χ2v) is 6.30. The summed E-state index contributed by atoms with van der Waals surface area (Å²) in [5.74, 6) is -0.191. The van der Waals surface area contributed by atoms with Gasteiger partial charge in [-0.3, -0.25) is 14.4 Å². The second kappa shape index (κ2) is 5.77. The van der Waals surface area contributed by atoms with Crippen LogP contribution in [0.25, 0.3) is 0 Å². The Kier molecular flexibility index (Phi) is 3.96. The first kappa shape index (κ1) is 15.1. The number of amides is 1. The summed E-state index contributed by atoms with van der Waals surface area (Å²) >= 11 is 1.69. The second-order valence-electron chi connectivity index (χ2n) is 5.32. The number of aromatic nitrogens is 1. The zero-order valence-electron chi connectivity index (χ0n) is 12.0. The van der Waals surface area contributed by atoms with Crippen LogP contribution in [0, 0.1) is 0 Å². The molecule has 2 unspecified atom stereocenters. The molecule has 1 aromatic heterocycles. The van der Waals surface area contributed by atoms with Gasteiger partial charge >= 0.3 is 0 Å². The van der Waals surface area contributed by atoms with Crippen LogP contribution in [0.15, 0.2) is 11.0 Å². The Morgan fingerprint density at radius 2 is 2.27 bits per heavy atom. The summed E-state index contributed by atoms with van der Waals surface area (Å²) in [7, 11) is 0.